The SMILES string of the molecule is CNCc1ccc(CN2CC=C(C(F)(F)F)CC2)o1. The van der Waals surface area contributed by atoms with Crippen LogP contribution in [-0.4, -0.2) is 31.2 Å². The van der Waals surface area contributed by atoms with Crippen LogP contribution < -0.4 is 5.32 Å². The smallest absolute Gasteiger partial charge is 0.412 e. The molecule has 19 heavy (non-hydrogen) atoms. The van der Waals surface area contributed by atoms with E-state index in [0.717, 1.165) is 11.5 Å². The standard InChI is InChI=1S/C13H17F3N2O/c1-17-8-11-2-3-12(19-11)9-18-6-4-10(5-7-18)13(14,15)16/h2-4,17H,5-9H2,1H3. The summed E-state index contributed by atoms with van der Waals surface area (Å²) < 4.78 is 43.0. The van der Waals surface area contributed by atoms with Crippen LogP contribution in [0.4, 0.5) is 13.2 Å². The Kier molecular flexibility index (Phi) is 4.31. The Labute approximate surface area is 110 Å². The molecule has 0 fully saturated rings. The van der Waals surface area contributed by atoms with Gasteiger partial charge in [-0.05, 0) is 25.6 Å². The summed E-state index contributed by atoms with van der Waals surface area (Å²) in [6.45, 7) is 1.92. The maximum atomic E-state index is 12.5. The van der Waals surface area contributed by atoms with E-state index in [-0.39, 0.29) is 6.42 Å². The van der Waals surface area contributed by atoms with Gasteiger partial charge in [-0.25, -0.2) is 0 Å². The third-order valence-corrected chi connectivity index (χ3v) is 3.11. The predicted octanol–water partition coefficient (Wildman–Crippen LogP) is 2.69. The van der Waals surface area contributed by atoms with Crippen molar-refractivity contribution in [1.29, 1.82) is 0 Å². The average molecular weight is 274 g/mol. The second-order valence-corrected chi connectivity index (χ2v) is 4.61. The molecule has 6 heteroatoms. The summed E-state index contributed by atoms with van der Waals surface area (Å²) in [6, 6.07) is 3.75. The molecule has 1 aromatic heterocycles. The Morgan fingerprint density at radius 1 is 1.32 bits per heavy atom. The molecule has 0 aliphatic carbocycles. The van der Waals surface area contributed by atoms with Crippen LogP contribution in [0.5, 0.6) is 0 Å². The van der Waals surface area contributed by atoms with E-state index in [2.05, 4.69) is 5.32 Å². The minimum absolute atomic E-state index is 0.0492. The van der Waals surface area contributed by atoms with Crippen molar-refractivity contribution in [2.24, 2.45) is 0 Å². The van der Waals surface area contributed by atoms with Crippen molar-refractivity contribution in [3.8, 4) is 0 Å². The quantitative estimate of drug-likeness (QED) is 0.856. The molecule has 1 aliphatic heterocycles. The summed E-state index contributed by atoms with van der Waals surface area (Å²) in [4.78, 5) is 1.94. The fraction of sp³-hybridized carbons (Fsp3) is 0.538. The molecule has 0 spiro atoms. The fourth-order valence-electron chi connectivity index (χ4n) is 2.11. The van der Waals surface area contributed by atoms with Crippen LogP contribution in [-0.2, 0) is 13.1 Å². The number of furan rings is 1. The van der Waals surface area contributed by atoms with Crippen molar-refractivity contribution in [1.82, 2.24) is 10.2 Å². The lowest BCUT2D eigenvalue weighted by Gasteiger charge is -2.26. The van der Waals surface area contributed by atoms with E-state index in [1.54, 1.807) is 0 Å². The van der Waals surface area contributed by atoms with E-state index in [1.165, 1.54) is 6.08 Å². The molecular formula is C13H17F3N2O. The maximum Gasteiger partial charge on any atom is 0.412 e. The molecular weight excluding hydrogens is 257 g/mol. The summed E-state index contributed by atoms with van der Waals surface area (Å²) in [5.41, 5.74) is -0.418. The number of nitrogens with one attached hydrogen (secondary N) is 1. The van der Waals surface area contributed by atoms with Crippen LogP contribution in [0.3, 0.4) is 0 Å². The molecule has 2 rings (SSSR count). The Hall–Kier alpha value is -1.27. The summed E-state index contributed by atoms with van der Waals surface area (Å²) in [7, 11) is 1.83. The molecule has 1 aliphatic rings. The molecule has 3 nitrogen and oxygen atoms in total. The van der Waals surface area contributed by atoms with Crippen LogP contribution in [0.1, 0.15) is 17.9 Å². The van der Waals surface area contributed by atoms with E-state index in [9.17, 15) is 13.2 Å². The lowest BCUT2D eigenvalue weighted by molar-refractivity contribution is -0.0961. The first-order chi connectivity index (χ1) is 8.99. The largest absolute Gasteiger partial charge is 0.463 e. The lowest BCUT2D eigenvalue weighted by Crippen LogP contribution is -2.31. The van der Waals surface area contributed by atoms with Gasteiger partial charge in [-0.1, -0.05) is 6.08 Å². The normalized spacial score (nSPS) is 17.6. The first-order valence-electron chi connectivity index (χ1n) is 6.20. The minimum atomic E-state index is -4.18. The van der Waals surface area contributed by atoms with Crippen molar-refractivity contribution >= 4 is 0 Å². The van der Waals surface area contributed by atoms with Gasteiger partial charge < -0.3 is 9.73 Å². The number of halogens is 3. The van der Waals surface area contributed by atoms with Crippen molar-refractivity contribution in [2.45, 2.75) is 25.7 Å². The first-order valence-corrected chi connectivity index (χ1v) is 6.20. The highest BCUT2D eigenvalue weighted by atomic mass is 19.4. The van der Waals surface area contributed by atoms with Crippen LogP contribution in [0.25, 0.3) is 0 Å². The predicted molar refractivity (Wildman–Crippen MR) is 65.5 cm³/mol. The van der Waals surface area contributed by atoms with E-state index in [4.69, 9.17) is 4.42 Å². The number of nitrogens with zero attached hydrogens (tertiary/aromatic N) is 1. The average Bonchev–Trinajstić information content (AvgIpc) is 2.77. The highest BCUT2D eigenvalue weighted by Crippen LogP contribution is 2.30. The van der Waals surface area contributed by atoms with Gasteiger partial charge in [0.15, 0.2) is 0 Å². The zero-order valence-electron chi connectivity index (χ0n) is 10.8. The fourth-order valence-corrected chi connectivity index (χ4v) is 2.11. The summed E-state index contributed by atoms with van der Waals surface area (Å²) in [6.07, 6.45) is -2.87. The molecule has 1 aromatic rings. The van der Waals surface area contributed by atoms with Crippen molar-refractivity contribution < 1.29 is 17.6 Å². The first kappa shape index (κ1) is 14.1. The van der Waals surface area contributed by atoms with Crippen LogP contribution in [0.15, 0.2) is 28.2 Å². The Morgan fingerprint density at radius 3 is 2.63 bits per heavy atom. The highest BCUT2D eigenvalue weighted by molar-refractivity contribution is 5.14. The number of rotatable bonds is 4. The van der Waals surface area contributed by atoms with Gasteiger partial charge in [0.05, 0.1) is 13.1 Å². The Balaban J connectivity index is 1.90. The van der Waals surface area contributed by atoms with Gasteiger partial charge >= 0.3 is 6.18 Å². The molecule has 0 amide bonds. The summed E-state index contributed by atoms with van der Waals surface area (Å²) in [5, 5.41) is 2.98. The van der Waals surface area contributed by atoms with Gasteiger partial charge in [0.1, 0.15) is 11.5 Å². The maximum absolute atomic E-state index is 12.5. The van der Waals surface area contributed by atoms with Crippen LogP contribution in [0.2, 0.25) is 0 Å². The summed E-state index contributed by atoms with van der Waals surface area (Å²) >= 11 is 0. The minimum Gasteiger partial charge on any atom is -0.463 e. The molecule has 106 valence electrons. The van der Waals surface area contributed by atoms with E-state index in [0.29, 0.717) is 26.2 Å². The molecule has 0 saturated carbocycles. The van der Waals surface area contributed by atoms with Crippen LogP contribution >= 0.6 is 0 Å². The summed E-state index contributed by atoms with van der Waals surface area (Å²) in [5.74, 6) is 1.62. The lowest BCUT2D eigenvalue weighted by atomic mass is 10.1. The zero-order valence-corrected chi connectivity index (χ0v) is 10.8. The molecule has 2 heterocycles. The molecule has 0 aromatic carbocycles. The van der Waals surface area contributed by atoms with Gasteiger partial charge in [-0.2, -0.15) is 13.2 Å². The topological polar surface area (TPSA) is 28.4 Å². The number of hydrogen-bond acceptors (Lipinski definition) is 3. The molecule has 0 atom stereocenters. The number of alkyl halides is 3. The third kappa shape index (κ3) is 3.84. The monoisotopic (exact) mass is 274 g/mol. The number of hydrogen-bond donors (Lipinski definition) is 1. The highest BCUT2D eigenvalue weighted by Gasteiger charge is 2.34. The van der Waals surface area contributed by atoms with Crippen molar-refractivity contribution in [2.75, 3.05) is 20.1 Å². The van der Waals surface area contributed by atoms with Crippen molar-refractivity contribution in [3.05, 3.63) is 35.3 Å². The molecule has 0 radical (unpaired) electrons. The van der Waals surface area contributed by atoms with Gasteiger partial charge in [-0.15, -0.1) is 0 Å². The van der Waals surface area contributed by atoms with Crippen LogP contribution in [0, 0.1) is 0 Å². The molecule has 0 saturated heterocycles. The van der Waals surface area contributed by atoms with E-state index >= 15 is 0 Å². The second-order valence-electron chi connectivity index (χ2n) is 4.61. The van der Waals surface area contributed by atoms with E-state index in [1.807, 2.05) is 24.1 Å². The van der Waals surface area contributed by atoms with E-state index < -0.39 is 11.7 Å². The van der Waals surface area contributed by atoms with Gasteiger partial charge in [0.25, 0.3) is 0 Å². The second kappa shape index (κ2) is 5.79. The molecule has 0 bridgehead atoms. The zero-order chi connectivity index (χ0) is 13.9. The molecule has 1 N–H and O–H groups in total. The Morgan fingerprint density at radius 2 is 2.05 bits per heavy atom. The van der Waals surface area contributed by atoms with Gasteiger partial charge in [0, 0.05) is 18.7 Å². The van der Waals surface area contributed by atoms with Gasteiger partial charge in [-0.3, -0.25) is 4.90 Å². The molecule has 0 unspecified atom stereocenters. The van der Waals surface area contributed by atoms with Gasteiger partial charge in [0.2, 0.25) is 0 Å². The third-order valence-electron chi connectivity index (χ3n) is 3.11. The van der Waals surface area contributed by atoms with Crippen molar-refractivity contribution in [3.63, 3.8) is 0 Å². The Bertz CT molecular complexity index is 451.